The van der Waals surface area contributed by atoms with Gasteiger partial charge in [0.05, 0.1) is 57.7 Å². The van der Waals surface area contributed by atoms with Crippen LogP contribution >= 0.6 is 0 Å². The summed E-state index contributed by atoms with van der Waals surface area (Å²) in [7, 11) is 0. The van der Waals surface area contributed by atoms with E-state index in [4.69, 9.17) is 32.3 Å². The van der Waals surface area contributed by atoms with Gasteiger partial charge in [0.15, 0.2) is 23.3 Å². The first-order valence-electron chi connectivity index (χ1n) is 22.3. The van der Waals surface area contributed by atoms with Crippen LogP contribution in [0.4, 0.5) is 53.0 Å². The van der Waals surface area contributed by atoms with E-state index in [9.17, 15) is 18.4 Å². The maximum absolute atomic E-state index is 14.7. The van der Waals surface area contributed by atoms with Gasteiger partial charge in [-0.25, -0.2) is 48.3 Å². The topological polar surface area (TPSA) is 167 Å². The largest absolute Gasteiger partial charge is 0.444 e. The minimum absolute atomic E-state index is 0.0718. The molecular formula is C50H50F2N12O4. The van der Waals surface area contributed by atoms with Crippen molar-refractivity contribution >= 4 is 68.9 Å². The first-order chi connectivity index (χ1) is 32.5. The van der Waals surface area contributed by atoms with Crippen LogP contribution in [0.25, 0.3) is 22.1 Å². The summed E-state index contributed by atoms with van der Waals surface area (Å²) in [6.07, 6.45) is 14.8. The molecule has 6 aromatic rings. The molecule has 0 aliphatic carbocycles. The molecule has 0 radical (unpaired) electrons. The van der Waals surface area contributed by atoms with Gasteiger partial charge in [-0.2, -0.15) is 0 Å². The summed E-state index contributed by atoms with van der Waals surface area (Å²) in [5, 5.41) is 6.03. The third-order valence-corrected chi connectivity index (χ3v) is 12.1. The van der Waals surface area contributed by atoms with E-state index in [1.165, 1.54) is 24.8 Å². The number of halogens is 2. The standard InChI is InChI=1S/2C25H25FN6O2/c2*1-5-15-7-6-8-18(21(15)26)29-23-22-19(27-14-28-23)9-10-20(30-22)31-12-17-11-16(31)13-32(17)24(33)34-25(2,3)4/h2*1,6-10,14,16-17H,11-13H2,2-4H3,(H,27,28,29)/t2*16-,17-/m00/s1. The average Bonchev–Trinajstić information content (AvgIpc) is 4.12. The minimum atomic E-state index is -0.527. The van der Waals surface area contributed by atoms with Gasteiger partial charge in [-0.3, -0.25) is 0 Å². The van der Waals surface area contributed by atoms with Crippen LogP contribution in [0, 0.1) is 36.3 Å². The number of piperazine rings is 2. The zero-order chi connectivity index (χ0) is 48.1. The van der Waals surface area contributed by atoms with Crippen LogP contribution in [0.15, 0.2) is 73.3 Å². The highest BCUT2D eigenvalue weighted by Gasteiger charge is 2.48. The van der Waals surface area contributed by atoms with Crippen molar-refractivity contribution in [2.24, 2.45) is 0 Å². The highest BCUT2D eigenvalue weighted by atomic mass is 19.1. The molecular weight excluding hydrogens is 871 g/mol. The van der Waals surface area contributed by atoms with Gasteiger partial charge in [-0.05, 0) is 103 Å². The van der Waals surface area contributed by atoms with Gasteiger partial charge in [-0.15, -0.1) is 12.8 Å². The Hall–Kier alpha value is -7.86. The third-order valence-electron chi connectivity index (χ3n) is 12.1. The van der Waals surface area contributed by atoms with Crippen LogP contribution in [-0.2, 0) is 9.47 Å². The minimum Gasteiger partial charge on any atom is -0.444 e. The number of carbonyl (C=O) groups excluding carboxylic acids is 2. The Kier molecular flexibility index (Phi) is 11.8. The van der Waals surface area contributed by atoms with Gasteiger partial charge in [0.25, 0.3) is 0 Å². The van der Waals surface area contributed by atoms with Crippen molar-refractivity contribution in [3.05, 3.63) is 96.1 Å². The molecule has 0 spiro atoms. The van der Waals surface area contributed by atoms with Gasteiger partial charge >= 0.3 is 12.2 Å². The van der Waals surface area contributed by atoms with Crippen molar-refractivity contribution in [2.75, 3.05) is 46.6 Å². The van der Waals surface area contributed by atoms with Crippen molar-refractivity contribution in [3.8, 4) is 24.7 Å². The second-order valence-electron chi connectivity index (χ2n) is 19.0. The lowest BCUT2D eigenvalue weighted by molar-refractivity contribution is 0.0204. The van der Waals surface area contributed by atoms with Crippen LogP contribution in [-0.4, -0.2) is 113 Å². The Morgan fingerprint density at radius 2 is 1.01 bits per heavy atom. The second kappa shape index (κ2) is 17.7. The molecule has 68 heavy (non-hydrogen) atoms. The summed E-state index contributed by atoms with van der Waals surface area (Å²) in [6, 6.07) is 17.6. The molecule has 0 unspecified atom stereocenters. The van der Waals surface area contributed by atoms with Crippen LogP contribution in [0.2, 0.25) is 0 Å². The van der Waals surface area contributed by atoms with E-state index in [-0.39, 0.29) is 58.9 Å². The highest BCUT2D eigenvalue weighted by Crippen LogP contribution is 2.38. The van der Waals surface area contributed by atoms with Gasteiger partial charge in [0.2, 0.25) is 0 Å². The van der Waals surface area contributed by atoms with Crippen LogP contribution in [0.1, 0.15) is 65.5 Å². The summed E-state index contributed by atoms with van der Waals surface area (Å²) in [5.74, 6) is 5.94. The molecule has 4 aliphatic rings. The summed E-state index contributed by atoms with van der Waals surface area (Å²) in [5.41, 5.74) is 2.03. The van der Waals surface area contributed by atoms with E-state index < -0.39 is 22.8 Å². The summed E-state index contributed by atoms with van der Waals surface area (Å²) in [4.78, 5) is 59.9. The number of ether oxygens (including phenoxy) is 2. The number of pyridine rings is 2. The smallest absolute Gasteiger partial charge is 0.410 e. The van der Waals surface area contributed by atoms with E-state index in [1.807, 2.05) is 75.6 Å². The Bertz CT molecular complexity index is 2830. The number of anilines is 6. The number of hydrogen-bond donors (Lipinski definition) is 2. The van der Waals surface area contributed by atoms with Crippen molar-refractivity contribution in [1.82, 2.24) is 39.7 Å². The van der Waals surface area contributed by atoms with Crippen LogP contribution < -0.4 is 20.4 Å². The zero-order valence-corrected chi connectivity index (χ0v) is 38.5. The van der Waals surface area contributed by atoms with Crippen molar-refractivity contribution in [1.29, 1.82) is 0 Å². The molecule has 10 rings (SSSR count). The second-order valence-corrected chi connectivity index (χ2v) is 19.0. The fourth-order valence-electron chi connectivity index (χ4n) is 9.08. The predicted molar refractivity (Wildman–Crippen MR) is 255 cm³/mol. The van der Waals surface area contributed by atoms with Crippen LogP contribution in [0.5, 0.6) is 0 Å². The molecule has 2 N–H and O–H groups in total. The van der Waals surface area contributed by atoms with Crippen molar-refractivity contribution in [2.45, 2.75) is 89.8 Å². The summed E-state index contributed by atoms with van der Waals surface area (Å²) < 4.78 is 40.5. The Balaban J connectivity index is 0.000000170. The quantitative estimate of drug-likeness (QED) is 0.154. The van der Waals surface area contributed by atoms with E-state index in [1.54, 1.807) is 24.3 Å². The lowest BCUT2D eigenvalue weighted by atomic mass is 10.2. The molecule has 8 heterocycles. The average molecular weight is 921 g/mol. The first-order valence-corrected chi connectivity index (χ1v) is 22.3. The molecule has 0 saturated carbocycles. The lowest BCUT2D eigenvalue weighted by Gasteiger charge is -2.35. The number of terminal acetylenes is 2. The number of hydrogen-bond acceptors (Lipinski definition) is 14. The van der Waals surface area contributed by atoms with Gasteiger partial charge in [0, 0.05) is 26.2 Å². The number of fused-ring (bicyclic) bond motifs is 6. The van der Waals surface area contributed by atoms with Crippen molar-refractivity contribution in [3.63, 3.8) is 0 Å². The number of nitrogens with zero attached hydrogens (tertiary/aromatic N) is 10. The van der Waals surface area contributed by atoms with E-state index in [0.29, 0.717) is 59.9 Å². The number of aromatic nitrogens is 6. The summed E-state index contributed by atoms with van der Waals surface area (Å²) in [6.45, 7) is 13.7. The Labute approximate surface area is 392 Å². The van der Waals surface area contributed by atoms with Gasteiger partial charge in [0.1, 0.15) is 46.5 Å². The monoisotopic (exact) mass is 920 g/mol. The number of benzene rings is 2. The normalized spacial score (nSPS) is 19.4. The fraction of sp³-hybridized carbons (Fsp3) is 0.360. The molecule has 4 saturated heterocycles. The van der Waals surface area contributed by atoms with Gasteiger partial charge < -0.3 is 39.7 Å². The lowest BCUT2D eigenvalue weighted by Crippen LogP contribution is -2.50. The molecule has 4 atom stereocenters. The zero-order valence-electron chi connectivity index (χ0n) is 38.5. The van der Waals surface area contributed by atoms with Gasteiger partial charge in [-0.1, -0.05) is 24.0 Å². The number of likely N-dealkylation sites (tertiary alicyclic amines) is 2. The predicted octanol–water partition coefficient (Wildman–Crippen LogP) is 8.17. The molecule has 4 fully saturated rings. The Morgan fingerprint density at radius 1 is 0.603 bits per heavy atom. The first kappa shape index (κ1) is 45.3. The molecule has 348 valence electrons. The van der Waals surface area contributed by atoms with Crippen LogP contribution in [0.3, 0.4) is 0 Å². The highest BCUT2D eigenvalue weighted by molar-refractivity contribution is 5.89. The number of nitrogens with one attached hydrogen (secondary N) is 2. The number of rotatable bonds is 6. The Morgan fingerprint density at radius 3 is 1.37 bits per heavy atom. The summed E-state index contributed by atoms with van der Waals surface area (Å²) >= 11 is 0. The molecule has 2 amide bonds. The molecule has 2 aromatic carbocycles. The SMILES string of the molecule is C#Cc1cccc(Nc2ncnc3ccc(N4C[C@@H]5C[C@H]4CN5C(=O)OC(C)(C)C)nc23)c1F.C#Cc1cccc(Nc2ncnc3ccc(N4C[C@@H]5C[C@H]4CN5C(=O)OC(C)(C)C)nc23)c1F. The maximum atomic E-state index is 14.7. The number of amides is 2. The molecule has 4 aliphatic heterocycles. The third kappa shape index (κ3) is 9.14. The molecule has 4 bridgehead atoms. The van der Waals surface area contributed by atoms with E-state index in [2.05, 4.69) is 52.2 Å². The molecule has 18 heteroatoms. The number of carbonyl (C=O) groups is 2. The van der Waals surface area contributed by atoms with Crippen molar-refractivity contribution < 1.29 is 27.8 Å². The fourth-order valence-corrected chi connectivity index (χ4v) is 9.08. The molecule has 4 aromatic heterocycles. The van der Waals surface area contributed by atoms with E-state index >= 15 is 0 Å². The van der Waals surface area contributed by atoms with E-state index in [0.717, 1.165) is 24.5 Å². The molecule has 16 nitrogen and oxygen atoms in total. The maximum Gasteiger partial charge on any atom is 0.410 e.